The quantitative estimate of drug-likeness (QED) is 0.456. The third-order valence-corrected chi connectivity index (χ3v) is 3.79. The highest BCUT2D eigenvalue weighted by Gasteiger charge is 2.24. The van der Waals surface area contributed by atoms with Gasteiger partial charge in [-0.3, -0.25) is 14.7 Å². The lowest BCUT2D eigenvalue weighted by atomic mass is 10.2. The van der Waals surface area contributed by atoms with Crippen molar-refractivity contribution >= 4 is 19.0 Å². The highest BCUT2D eigenvalue weighted by molar-refractivity contribution is 7.52. The third-order valence-electron chi connectivity index (χ3n) is 2.55. The number of nitro groups is 1. The van der Waals surface area contributed by atoms with E-state index in [-0.39, 0.29) is 5.69 Å². The van der Waals surface area contributed by atoms with Crippen molar-refractivity contribution < 1.29 is 23.3 Å². The lowest BCUT2D eigenvalue weighted by molar-refractivity contribution is -0.384. The molecule has 1 rings (SSSR count). The molecular weight excluding hydrogens is 290 g/mol. The van der Waals surface area contributed by atoms with Crippen LogP contribution in [0.4, 0.5) is 15.8 Å². The minimum atomic E-state index is -3.92. The van der Waals surface area contributed by atoms with E-state index in [1.54, 1.807) is 13.8 Å². The molecule has 0 spiro atoms. The molecule has 0 amide bonds. The van der Waals surface area contributed by atoms with Gasteiger partial charge in [-0.1, -0.05) is 6.92 Å². The van der Waals surface area contributed by atoms with E-state index < -0.39 is 36.4 Å². The van der Waals surface area contributed by atoms with Crippen LogP contribution in [0.5, 0.6) is 0 Å². The number of nitrogens with zero attached hydrogens (tertiary/aromatic N) is 1. The summed E-state index contributed by atoms with van der Waals surface area (Å²) in [6, 6.07) is 2.89. The van der Waals surface area contributed by atoms with Gasteiger partial charge in [-0.15, -0.1) is 0 Å². The maximum Gasteiger partial charge on any atom is 0.347 e. The van der Waals surface area contributed by atoms with E-state index in [0.717, 1.165) is 18.2 Å². The van der Waals surface area contributed by atoms with Crippen LogP contribution < -0.4 is 5.32 Å². The molecule has 0 bridgehead atoms. The number of rotatable bonds is 7. The van der Waals surface area contributed by atoms with E-state index in [9.17, 15) is 24.0 Å². The lowest BCUT2D eigenvalue weighted by Gasteiger charge is -2.17. The highest BCUT2D eigenvalue weighted by atomic mass is 31.2. The Balaban J connectivity index is 2.80. The maximum atomic E-state index is 12.9. The molecule has 0 fully saturated rings. The Kier molecular flexibility index (Phi) is 5.62. The van der Waals surface area contributed by atoms with Crippen LogP contribution in [-0.2, 0) is 9.09 Å². The summed E-state index contributed by atoms with van der Waals surface area (Å²) in [4.78, 5) is 19.6. The van der Waals surface area contributed by atoms with Crippen molar-refractivity contribution in [3.63, 3.8) is 0 Å². The lowest BCUT2D eigenvalue weighted by Crippen LogP contribution is -2.11. The molecule has 2 N–H and O–H groups in total. The van der Waals surface area contributed by atoms with Gasteiger partial charge in [-0.05, 0) is 25.5 Å². The van der Waals surface area contributed by atoms with Crippen molar-refractivity contribution in [2.45, 2.75) is 26.4 Å². The third kappa shape index (κ3) is 4.88. The summed E-state index contributed by atoms with van der Waals surface area (Å²) in [5.41, 5.74) is -0.549. The molecule has 112 valence electrons. The average Bonchev–Trinajstić information content (AvgIpc) is 2.36. The van der Waals surface area contributed by atoms with Gasteiger partial charge in [-0.25, -0.2) is 4.39 Å². The standard InChI is InChI=1S/C11H16FN2O5P/c1-3-8(2)19-20(17,18)7-13-10-5-4-9(12)6-11(10)14(15)16/h4-6,8,13H,3,7H2,1-2H3,(H,17,18). The molecule has 0 saturated carbocycles. The fraction of sp³-hybridized carbons (Fsp3) is 0.455. The van der Waals surface area contributed by atoms with E-state index >= 15 is 0 Å². The predicted molar refractivity (Wildman–Crippen MR) is 72.2 cm³/mol. The number of hydrogen-bond acceptors (Lipinski definition) is 5. The number of halogens is 1. The molecule has 9 heteroatoms. The van der Waals surface area contributed by atoms with Crippen molar-refractivity contribution in [2.24, 2.45) is 0 Å². The monoisotopic (exact) mass is 306 g/mol. The van der Waals surface area contributed by atoms with Gasteiger partial charge in [0.25, 0.3) is 5.69 Å². The Morgan fingerprint density at radius 1 is 1.60 bits per heavy atom. The van der Waals surface area contributed by atoms with E-state index in [0.29, 0.717) is 6.42 Å². The van der Waals surface area contributed by atoms with Crippen LogP contribution in [0.3, 0.4) is 0 Å². The van der Waals surface area contributed by atoms with E-state index in [1.807, 2.05) is 0 Å². The van der Waals surface area contributed by atoms with Crippen molar-refractivity contribution in [1.82, 2.24) is 0 Å². The number of nitro benzene ring substituents is 1. The predicted octanol–water partition coefficient (Wildman–Crippen LogP) is 3.10. The van der Waals surface area contributed by atoms with Crippen LogP contribution in [-0.4, -0.2) is 22.2 Å². The maximum absolute atomic E-state index is 12.9. The Hall–Kier alpha value is -1.50. The molecule has 0 heterocycles. The zero-order valence-corrected chi connectivity index (χ0v) is 12.0. The zero-order chi connectivity index (χ0) is 15.3. The number of benzene rings is 1. The van der Waals surface area contributed by atoms with Crippen molar-refractivity contribution in [3.05, 3.63) is 34.1 Å². The number of nitrogens with one attached hydrogen (secondary N) is 1. The minimum Gasteiger partial charge on any atom is -0.368 e. The summed E-state index contributed by atoms with van der Waals surface area (Å²) >= 11 is 0. The molecule has 2 unspecified atom stereocenters. The van der Waals surface area contributed by atoms with Crippen molar-refractivity contribution in [2.75, 3.05) is 11.6 Å². The first-order valence-corrected chi connectivity index (χ1v) is 7.69. The minimum absolute atomic E-state index is 0.0431. The van der Waals surface area contributed by atoms with Crippen LogP contribution >= 0.6 is 7.60 Å². The second-order valence-electron chi connectivity index (χ2n) is 4.22. The average molecular weight is 306 g/mol. The van der Waals surface area contributed by atoms with Crippen LogP contribution in [0.1, 0.15) is 20.3 Å². The molecule has 0 aliphatic heterocycles. The molecular formula is C11H16FN2O5P. The summed E-state index contributed by atoms with van der Waals surface area (Å²) in [6.07, 6.45) is -0.346. The van der Waals surface area contributed by atoms with Gasteiger partial charge < -0.3 is 14.7 Å². The highest BCUT2D eigenvalue weighted by Crippen LogP contribution is 2.43. The Labute approximate surface area is 115 Å². The molecule has 0 aromatic heterocycles. The normalized spacial score (nSPS) is 15.4. The van der Waals surface area contributed by atoms with Gasteiger partial charge in [0.2, 0.25) is 0 Å². The Morgan fingerprint density at radius 2 is 2.25 bits per heavy atom. The molecule has 20 heavy (non-hydrogen) atoms. The van der Waals surface area contributed by atoms with Gasteiger partial charge in [0.15, 0.2) is 0 Å². The molecule has 0 saturated heterocycles. The molecule has 1 aromatic carbocycles. The first-order chi connectivity index (χ1) is 9.25. The summed E-state index contributed by atoms with van der Waals surface area (Å²) in [5.74, 6) is -0.759. The second kappa shape index (κ2) is 6.78. The van der Waals surface area contributed by atoms with Crippen molar-refractivity contribution in [3.8, 4) is 0 Å². The Morgan fingerprint density at radius 3 is 2.80 bits per heavy atom. The van der Waals surface area contributed by atoms with Gasteiger partial charge >= 0.3 is 7.60 Å². The number of hydrogen-bond donors (Lipinski definition) is 2. The van der Waals surface area contributed by atoms with E-state index in [4.69, 9.17) is 4.52 Å². The van der Waals surface area contributed by atoms with Crippen LogP contribution in [0, 0.1) is 15.9 Å². The van der Waals surface area contributed by atoms with Gasteiger partial charge in [-0.2, -0.15) is 0 Å². The zero-order valence-electron chi connectivity index (χ0n) is 11.1. The molecule has 7 nitrogen and oxygen atoms in total. The fourth-order valence-corrected chi connectivity index (χ4v) is 2.54. The second-order valence-corrected chi connectivity index (χ2v) is 6.02. The first kappa shape index (κ1) is 16.6. The van der Waals surface area contributed by atoms with Crippen LogP contribution in [0.15, 0.2) is 18.2 Å². The van der Waals surface area contributed by atoms with E-state index in [1.165, 1.54) is 0 Å². The molecule has 0 radical (unpaired) electrons. The SMILES string of the molecule is CCC(C)OP(=O)(O)CNc1ccc(F)cc1[N+](=O)[O-]. The van der Waals surface area contributed by atoms with Gasteiger partial charge in [0.1, 0.15) is 17.8 Å². The van der Waals surface area contributed by atoms with Crippen LogP contribution in [0.2, 0.25) is 0 Å². The summed E-state index contributed by atoms with van der Waals surface area (Å²) < 4.78 is 29.6. The van der Waals surface area contributed by atoms with Gasteiger partial charge in [0, 0.05) is 0 Å². The first-order valence-electron chi connectivity index (χ1n) is 5.93. The van der Waals surface area contributed by atoms with Gasteiger partial charge in [0.05, 0.1) is 17.1 Å². The largest absolute Gasteiger partial charge is 0.368 e. The number of anilines is 1. The van der Waals surface area contributed by atoms with Crippen LogP contribution in [0.25, 0.3) is 0 Å². The molecule has 0 aliphatic carbocycles. The summed E-state index contributed by atoms with van der Waals surface area (Å²) in [7, 11) is -3.92. The molecule has 0 aliphatic rings. The fourth-order valence-electron chi connectivity index (χ4n) is 1.38. The van der Waals surface area contributed by atoms with E-state index in [2.05, 4.69) is 5.32 Å². The Bertz CT molecular complexity index is 540. The van der Waals surface area contributed by atoms with Crippen molar-refractivity contribution in [1.29, 1.82) is 0 Å². The molecule has 1 aromatic rings. The summed E-state index contributed by atoms with van der Waals surface area (Å²) in [6.45, 7) is 3.44. The molecule has 2 atom stereocenters. The topological polar surface area (TPSA) is 102 Å². The summed E-state index contributed by atoms with van der Waals surface area (Å²) in [5, 5.41) is 13.2. The smallest absolute Gasteiger partial charge is 0.347 e.